The summed E-state index contributed by atoms with van der Waals surface area (Å²) in [4.78, 5) is 11.8. The molecule has 0 aliphatic rings. The molecule has 0 aliphatic carbocycles. The molecular formula is C15H12FN3O3. The summed E-state index contributed by atoms with van der Waals surface area (Å²) in [5.41, 5.74) is 0.795. The summed E-state index contributed by atoms with van der Waals surface area (Å²) in [7, 11) is 1.30. The van der Waals surface area contributed by atoms with E-state index in [1.807, 2.05) is 0 Å². The SMILES string of the molecule is COC(=O)c1cccc2nnc(COc3cccc(F)c3)n12. The van der Waals surface area contributed by atoms with Crippen LogP contribution in [0, 0.1) is 5.82 Å². The molecule has 112 valence electrons. The standard InChI is InChI=1S/C15H12FN3O3/c1-21-15(20)12-6-3-7-13-17-18-14(19(12)13)9-22-11-5-2-4-10(16)8-11/h2-8H,9H2,1H3. The highest BCUT2D eigenvalue weighted by Crippen LogP contribution is 2.15. The third kappa shape index (κ3) is 2.60. The number of methoxy groups -OCH3 is 1. The Morgan fingerprint density at radius 2 is 2.05 bits per heavy atom. The van der Waals surface area contributed by atoms with Crippen molar-refractivity contribution in [1.29, 1.82) is 0 Å². The average molecular weight is 301 g/mol. The normalized spacial score (nSPS) is 10.6. The Morgan fingerprint density at radius 1 is 1.23 bits per heavy atom. The van der Waals surface area contributed by atoms with Crippen molar-refractivity contribution in [3.05, 3.63) is 59.8 Å². The van der Waals surface area contributed by atoms with Crippen LogP contribution in [0.25, 0.3) is 5.65 Å². The third-order valence-corrected chi connectivity index (χ3v) is 3.05. The summed E-state index contributed by atoms with van der Waals surface area (Å²) in [6.45, 7) is 0.0403. The monoisotopic (exact) mass is 301 g/mol. The average Bonchev–Trinajstić information content (AvgIpc) is 2.95. The molecule has 0 bridgehead atoms. The lowest BCUT2D eigenvalue weighted by atomic mass is 10.3. The number of carbonyl (C=O) groups is 1. The Labute approximate surface area is 125 Å². The number of fused-ring (bicyclic) bond motifs is 1. The molecule has 0 unspecified atom stereocenters. The molecule has 0 amide bonds. The number of aromatic nitrogens is 3. The van der Waals surface area contributed by atoms with Crippen LogP contribution < -0.4 is 4.74 Å². The largest absolute Gasteiger partial charge is 0.485 e. The van der Waals surface area contributed by atoms with E-state index in [1.54, 1.807) is 34.7 Å². The highest BCUT2D eigenvalue weighted by molar-refractivity contribution is 5.88. The van der Waals surface area contributed by atoms with Gasteiger partial charge in [0.2, 0.25) is 0 Å². The number of pyridine rings is 1. The number of ether oxygens (including phenoxy) is 2. The van der Waals surface area contributed by atoms with E-state index in [1.165, 1.54) is 19.2 Å². The van der Waals surface area contributed by atoms with E-state index in [2.05, 4.69) is 10.2 Å². The first kappa shape index (κ1) is 14.0. The smallest absolute Gasteiger partial charge is 0.355 e. The second-order valence-corrected chi connectivity index (χ2v) is 4.46. The van der Waals surface area contributed by atoms with Gasteiger partial charge in [-0.25, -0.2) is 9.18 Å². The van der Waals surface area contributed by atoms with Crippen LogP contribution in [-0.4, -0.2) is 27.7 Å². The summed E-state index contributed by atoms with van der Waals surface area (Å²) in [5.74, 6) is -0.108. The van der Waals surface area contributed by atoms with Crippen LogP contribution in [0.4, 0.5) is 4.39 Å². The first-order valence-corrected chi connectivity index (χ1v) is 6.49. The van der Waals surface area contributed by atoms with Gasteiger partial charge in [-0.3, -0.25) is 4.40 Å². The number of hydrogen-bond donors (Lipinski definition) is 0. The molecule has 3 rings (SSSR count). The molecule has 2 aromatic heterocycles. The number of carbonyl (C=O) groups excluding carboxylic acids is 1. The summed E-state index contributed by atoms with van der Waals surface area (Å²) in [6.07, 6.45) is 0. The van der Waals surface area contributed by atoms with Crippen molar-refractivity contribution < 1.29 is 18.7 Å². The van der Waals surface area contributed by atoms with Gasteiger partial charge in [0.1, 0.15) is 23.9 Å². The molecule has 0 atom stereocenters. The van der Waals surface area contributed by atoms with Gasteiger partial charge in [0.15, 0.2) is 11.5 Å². The third-order valence-electron chi connectivity index (χ3n) is 3.05. The molecule has 6 nitrogen and oxygen atoms in total. The molecule has 0 radical (unpaired) electrons. The van der Waals surface area contributed by atoms with E-state index in [-0.39, 0.29) is 12.4 Å². The first-order valence-electron chi connectivity index (χ1n) is 6.49. The number of halogens is 1. The predicted octanol–water partition coefficient (Wildman–Crippen LogP) is 2.23. The van der Waals surface area contributed by atoms with E-state index in [9.17, 15) is 9.18 Å². The molecule has 0 fully saturated rings. The summed E-state index contributed by atoms with van der Waals surface area (Å²) >= 11 is 0. The molecule has 0 N–H and O–H groups in total. The van der Waals surface area contributed by atoms with E-state index >= 15 is 0 Å². The number of hydrogen-bond acceptors (Lipinski definition) is 5. The maximum Gasteiger partial charge on any atom is 0.355 e. The van der Waals surface area contributed by atoms with Gasteiger partial charge in [-0.1, -0.05) is 12.1 Å². The van der Waals surface area contributed by atoms with Gasteiger partial charge in [0.05, 0.1) is 7.11 Å². The van der Waals surface area contributed by atoms with Crippen molar-refractivity contribution in [1.82, 2.24) is 14.6 Å². The molecule has 22 heavy (non-hydrogen) atoms. The molecular weight excluding hydrogens is 289 g/mol. The second-order valence-electron chi connectivity index (χ2n) is 4.46. The van der Waals surface area contributed by atoms with Crippen molar-refractivity contribution in [2.24, 2.45) is 0 Å². The minimum absolute atomic E-state index is 0.0403. The van der Waals surface area contributed by atoms with Crippen molar-refractivity contribution >= 4 is 11.6 Å². The van der Waals surface area contributed by atoms with Gasteiger partial charge in [0.25, 0.3) is 0 Å². The van der Waals surface area contributed by atoms with E-state index in [0.717, 1.165) is 0 Å². The zero-order chi connectivity index (χ0) is 15.5. The zero-order valence-electron chi connectivity index (χ0n) is 11.7. The van der Waals surface area contributed by atoms with Crippen LogP contribution in [0.1, 0.15) is 16.3 Å². The van der Waals surface area contributed by atoms with Gasteiger partial charge in [0, 0.05) is 6.07 Å². The Bertz CT molecular complexity index is 832. The number of nitrogens with zero attached hydrogens (tertiary/aromatic N) is 3. The molecule has 1 aromatic carbocycles. The molecule has 3 aromatic rings. The van der Waals surface area contributed by atoms with Gasteiger partial charge >= 0.3 is 5.97 Å². The number of benzene rings is 1. The lowest BCUT2D eigenvalue weighted by Gasteiger charge is -2.07. The predicted molar refractivity (Wildman–Crippen MR) is 75.1 cm³/mol. The Hall–Kier alpha value is -2.96. The maximum atomic E-state index is 13.1. The molecule has 0 aliphatic heterocycles. The zero-order valence-corrected chi connectivity index (χ0v) is 11.7. The molecule has 0 spiro atoms. The highest BCUT2D eigenvalue weighted by Gasteiger charge is 2.15. The fraction of sp³-hybridized carbons (Fsp3) is 0.133. The van der Waals surface area contributed by atoms with E-state index in [4.69, 9.17) is 9.47 Å². The van der Waals surface area contributed by atoms with Crippen molar-refractivity contribution in [3.8, 4) is 5.75 Å². The summed E-state index contributed by atoms with van der Waals surface area (Å²) < 4.78 is 24.9. The van der Waals surface area contributed by atoms with Crippen molar-refractivity contribution in [2.75, 3.05) is 7.11 Å². The quantitative estimate of drug-likeness (QED) is 0.691. The number of rotatable bonds is 4. The fourth-order valence-corrected chi connectivity index (χ4v) is 2.06. The van der Waals surface area contributed by atoms with Crippen LogP contribution in [-0.2, 0) is 11.3 Å². The fourth-order valence-electron chi connectivity index (χ4n) is 2.06. The minimum atomic E-state index is -0.502. The van der Waals surface area contributed by atoms with Gasteiger partial charge < -0.3 is 9.47 Å². The Morgan fingerprint density at radius 3 is 2.82 bits per heavy atom. The minimum Gasteiger partial charge on any atom is -0.485 e. The molecule has 0 saturated heterocycles. The van der Waals surface area contributed by atoms with Gasteiger partial charge in [-0.15, -0.1) is 10.2 Å². The summed E-state index contributed by atoms with van der Waals surface area (Å²) in [5, 5.41) is 7.97. The molecule has 2 heterocycles. The van der Waals surface area contributed by atoms with Gasteiger partial charge in [-0.05, 0) is 24.3 Å². The lowest BCUT2D eigenvalue weighted by Crippen LogP contribution is -2.11. The molecule has 0 saturated carbocycles. The van der Waals surface area contributed by atoms with Crippen LogP contribution >= 0.6 is 0 Å². The maximum absolute atomic E-state index is 13.1. The van der Waals surface area contributed by atoms with Crippen LogP contribution in [0.2, 0.25) is 0 Å². The van der Waals surface area contributed by atoms with Crippen LogP contribution in [0.3, 0.4) is 0 Å². The van der Waals surface area contributed by atoms with Crippen LogP contribution in [0.5, 0.6) is 5.75 Å². The lowest BCUT2D eigenvalue weighted by molar-refractivity contribution is 0.0591. The van der Waals surface area contributed by atoms with E-state index < -0.39 is 5.97 Å². The highest BCUT2D eigenvalue weighted by atomic mass is 19.1. The van der Waals surface area contributed by atoms with E-state index in [0.29, 0.717) is 22.9 Å². The summed E-state index contributed by atoms with van der Waals surface area (Å²) in [6, 6.07) is 10.8. The topological polar surface area (TPSA) is 65.7 Å². The molecule has 7 heteroatoms. The first-order chi connectivity index (χ1) is 10.7. The second kappa shape index (κ2) is 5.80. The Kier molecular flexibility index (Phi) is 3.69. The van der Waals surface area contributed by atoms with Gasteiger partial charge in [-0.2, -0.15) is 0 Å². The number of esters is 1. The van der Waals surface area contributed by atoms with Crippen LogP contribution in [0.15, 0.2) is 42.5 Å². The Balaban J connectivity index is 1.92. The van der Waals surface area contributed by atoms with Crippen molar-refractivity contribution in [2.45, 2.75) is 6.61 Å². The van der Waals surface area contributed by atoms with Crippen molar-refractivity contribution in [3.63, 3.8) is 0 Å².